The van der Waals surface area contributed by atoms with E-state index in [-0.39, 0.29) is 22.9 Å². The van der Waals surface area contributed by atoms with Gasteiger partial charge in [0.2, 0.25) is 5.88 Å². The number of hydrogen-bond donors (Lipinski definition) is 1. The number of amides is 1. The summed E-state index contributed by atoms with van der Waals surface area (Å²) in [7, 11) is 2.48. The number of nitrogens with zero attached hydrogens (tertiary/aromatic N) is 1. The van der Waals surface area contributed by atoms with Crippen LogP contribution in [0.25, 0.3) is 0 Å². The number of aromatic nitrogens is 1. The van der Waals surface area contributed by atoms with Gasteiger partial charge in [0.05, 0.1) is 31.0 Å². The van der Waals surface area contributed by atoms with Crippen molar-refractivity contribution in [3.63, 3.8) is 0 Å². The molecule has 0 saturated carbocycles. The van der Waals surface area contributed by atoms with E-state index in [2.05, 4.69) is 10.3 Å². The number of pyridine rings is 1. The first-order valence-electron chi connectivity index (χ1n) is 8.84. The molecule has 29 heavy (non-hydrogen) atoms. The average molecular weight is 416 g/mol. The van der Waals surface area contributed by atoms with Crippen LogP contribution in [0.5, 0.6) is 5.88 Å². The van der Waals surface area contributed by atoms with E-state index >= 15 is 0 Å². The van der Waals surface area contributed by atoms with E-state index in [1.165, 1.54) is 44.7 Å². The first-order valence-corrected chi connectivity index (χ1v) is 9.99. The van der Waals surface area contributed by atoms with Gasteiger partial charge in [-0.25, -0.2) is 14.6 Å². The summed E-state index contributed by atoms with van der Waals surface area (Å²) in [5, 5.41) is 2.65. The topological polar surface area (TPSA) is 104 Å². The minimum atomic E-state index is -0.644. The molecule has 0 bridgehead atoms. The Bertz CT molecular complexity index is 927. The van der Waals surface area contributed by atoms with Gasteiger partial charge in [-0.3, -0.25) is 4.79 Å². The molecule has 0 spiro atoms. The lowest BCUT2D eigenvalue weighted by Crippen LogP contribution is -2.18. The second-order valence-corrected chi connectivity index (χ2v) is 7.33. The molecule has 1 fully saturated rings. The van der Waals surface area contributed by atoms with Crippen molar-refractivity contribution in [2.24, 2.45) is 0 Å². The highest BCUT2D eigenvalue weighted by Crippen LogP contribution is 2.24. The summed E-state index contributed by atoms with van der Waals surface area (Å²) in [4.78, 5) is 40.7. The number of esters is 2. The molecule has 1 aromatic heterocycles. The Hall–Kier alpha value is -3.07. The Morgan fingerprint density at radius 2 is 1.86 bits per heavy atom. The maximum Gasteiger partial charge on any atom is 0.339 e. The number of benzene rings is 1. The fourth-order valence-electron chi connectivity index (χ4n) is 2.77. The summed E-state index contributed by atoms with van der Waals surface area (Å²) in [6.07, 6.45) is 2.50. The Morgan fingerprint density at radius 3 is 2.55 bits per heavy atom. The van der Waals surface area contributed by atoms with Crippen LogP contribution in [0.4, 0.5) is 5.69 Å². The molecule has 2 heterocycles. The van der Waals surface area contributed by atoms with Gasteiger partial charge in [-0.2, -0.15) is 11.8 Å². The Labute approximate surface area is 171 Å². The summed E-state index contributed by atoms with van der Waals surface area (Å²) in [5.41, 5.74) is 0.742. The van der Waals surface area contributed by atoms with Gasteiger partial charge in [0.15, 0.2) is 0 Å². The van der Waals surface area contributed by atoms with Gasteiger partial charge in [-0.15, -0.1) is 0 Å². The normalized spacial score (nSPS) is 15.4. The van der Waals surface area contributed by atoms with Crippen molar-refractivity contribution in [3.8, 4) is 5.88 Å². The fourth-order valence-corrected chi connectivity index (χ4v) is 3.86. The molecule has 9 heteroatoms. The zero-order valence-electron chi connectivity index (χ0n) is 16.0. The SMILES string of the molecule is COC(=O)c1ccc(C(=O)OC)c(NC(=O)c2ccnc(OC3CCSC3)c2)c1. The molecule has 1 unspecified atom stereocenters. The van der Waals surface area contributed by atoms with Crippen molar-refractivity contribution in [3.05, 3.63) is 53.2 Å². The predicted molar refractivity (Wildman–Crippen MR) is 108 cm³/mol. The van der Waals surface area contributed by atoms with E-state index in [9.17, 15) is 14.4 Å². The molecular formula is C20H20N2O6S. The van der Waals surface area contributed by atoms with Crippen LogP contribution in [0.1, 0.15) is 37.5 Å². The van der Waals surface area contributed by atoms with Crippen LogP contribution in [0, 0.1) is 0 Å². The molecule has 0 aliphatic carbocycles. The Morgan fingerprint density at radius 1 is 1.07 bits per heavy atom. The van der Waals surface area contributed by atoms with Crippen molar-refractivity contribution < 1.29 is 28.6 Å². The maximum absolute atomic E-state index is 12.8. The van der Waals surface area contributed by atoms with E-state index in [1.54, 1.807) is 6.07 Å². The van der Waals surface area contributed by atoms with Crippen molar-refractivity contribution >= 4 is 35.3 Å². The molecule has 0 radical (unpaired) electrons. The van der Waals surface area contributed by atoms with Crippen LogP contribution < -0.4 is 10.1 Å². The molecular weight excluding hydrogens is 396 g/mol. The van der Waals surface area contributed by atoms with Crippen molar-refractivity contribution in [2.45, 2.75) is 12.5 Å². The van der Waals surface area contributed by atoms with Crippen LogP contribution in [0.15, 0.2) is 36.5 Å². The zero-order chi connectivity index (χ0) is 20.8. The van der Waals surface area contributed by atoms with Gasteiger partial charge in [-0.05, 0) is 36.4 Å². The smallest absolute Gasteiger partial charge is 0.339 e. The van der Waals surface area contributed by atoms with Crippen LogP contribution in [-0.4, -0.2) is 54.7 Å². The molecule has 3 rings (SSSR count). The second kappa shape index (κ2) is 9.42. The number of carbonyl (C=O) groups is 3. The van der Waals surface area contributed by atoms with Crippen LogP contribution in [0.3, 0.4) is 0 Å². The van der Waals surface area contributed by atoms with Gasteiger partial charge >= 0.3 is 11.9 Å². The van der Waals surface area contributed by atoms with Gasteiger partial charge in [0, 0.05) is 23.6 Å². The summed E-state index contributed by atoms with van der Waals surface area (Å²) >= 11 is 1.81. The lowest BCUT2D eigenvalue weighted by atomic mass is 10.1. The summed E-state index contributed by atoms with van der Waals surface area (Å²) in [6.45, 7) is 0. The van der Waals surface area contributed by atoms with Crippen LogP contribution in [-0.2, 0) is 9.47 Å². The van der Waals surface area contributed by atoms with Crippen molar-refractivity contribution in [2.75, 3.05) is 31.0 Å². The minimum Gasteiger partial charge on any atom is -0.473 e. The number of rotatable bonds is 6. The number of carbonyl (C=O) groups excluding carboxylic acids is 3. The van der Waals surface area contributed by atoms with Gasteiger partial charge in [-0.1, -0.05) is 0 Å². The van der Waals surface area contributed by atoms with Crippen molar-refractivity contribution in [1.82, 2.24) is 4.98 Å². The van der Waals surface area contributed by atoms with Crippen LogP contribution in [0.2, 0.25) is 0 Å². The van der Waals surface area contributed by atoms with Crippen LogP contribution >= 0.6 is 11.8 Å². The van der Waals surface area contributed by atoms with E-state index in [0.717, 1.165) is 17.9 Å². The molecule has 1 aromatic carbocycles. The second-order valence-electron chi connectivity index (χ2n) is 6.18. The van der Waals surface area contributed by atoms with Crippen molar-refractivity contribution in [1.29, 1.82) is 0 Å². The molecule has 1 amide bonds. The number of anilines is 1. The first-order chi connectivity index (χ1) is 14.0. The highest BCUT2D eigenvalue weighted by molar-refractivity contribution is 7.99. The zero-order valence-corrected chi connectivity index (χ0v) is 16.8. The monoisotopic (exact) mass is 416 g/mol. The largest absolute Gasteiger partial charge is 0.473 e. The standard InChI is InChI=1S/C20H20N2O6S/c1-26-19(24)13-3-4-15(20(25)27-2)16(9-13)22-18(23)12-5-7-21-17(10-12)28-14-6-8-29-11-14/h3-5,7,9-10,14H,6,8,11H2,1-2H3,(H,22,23). The molecule has 1 aliphatic rings. The summed E-state index contributed by atoms with van der Waals surface area (Å²) in [5.74, 6) is 0.575. The van der Waals surface area contributed by atoms with Gasteiger partial charge in [0.25, 0.3) is 5.91 Å². The maximum atomic E-state index is 12.8. The van der Waals surface area contributed by atoms with Gasteiger partial charge < -0.3 is 19.5 Å². The molecule has 2 aromatic rings. The Balaban J connectivity index is 1.83. The quantitative estimate of drug-likeness (QED) is 0.717. The average Bonchev–Trinajstić information content (AvgIpc) is 3.25. The number of methoxy groups -OCH3 is 2. The number of hydrogen-bond acceptors (Lipinski definition) is 8. The summed E-state index contributed by atoms with van der Waals surface area (Å²) < 4.78 is 15.3. The highest BCUT2D eigenvalue weighted by Gasteiger charge is 2.20. The highest BCUT2D eigenvalue weighted by atomic mass is 32.2. The van der Waals surface area contributed by atoms with E-state index < -0.39 is 17.8 Å². The molecule has 1 saturated heterocycles. The molecule has 1 N–H and O–H groups in total. The number of ether oxygens (including phenoxy) is 3. The van der Waals surface area contributed by atoms with Gasteiger partial charge in [0.1, 0.15) is 6.10 Å². The lowest BCUT2D eigenvalue weighted by Gasteiger charge is -2.13. The molecule has 1 atom stereocenters. The first kappa shape index (κ1) is 20.7. The lowest BCUT2D eigenvalue weighted by molar-refractivity contribution is 0.0587. The molecule has 152 valence electrons. The van der Waals surface area contributed by atoms with E-state index in [4.69, 9.17) is 14.2 Å². The number of nitrogens with one attached hydrogen (secondary N) is 1. The molecule has 1 aliphatic heterocycles. The third kappa shape index (κ3) is 5.05. The minimum absolute atomic E-state index is 0.0773. The van der Waals surface area contributed by atoms with E-state index in [1.807, 2.05) is 11.8 Å². The third-order valence-electron chi connectivity index (χ3n) is 4.27. The molecule has 8 nitrogen and oxygen atoms in total. The fraction of sp³-hybridized carbons (Fsp3) is 0.300. The Kier molecular flexibility index (Phi) is 6.71. The van der Waals surface area contributed by atoms with E-state index in [0.29, 0.717) is 11.4 Å². The number of thioether (sulfide) groups is 1. The predicted octanol–water partition coefficient (Wildman–Crippen LogP) is 2.79. The summed E-state index contributed by atoms with van der Waals surface area (Å²) in [6, 6.07) is 7.26. The third-order valence-corrected chi connectivity index (χ3v) is 5.40.